The fourth-order valence-corrected chi connectivity index (χ4v) is 3.49. The van der Waals surface area contributed by atoms with Gasteiger partial charge in [0, 0.05) is 6.54 Å². The molecular formula is C14H20N2. The lowest BCUT2D eigenvalue weighted by Gasteiger charge is -2.38. The van der Waals surface area contributed by atoms with E-state index in [2.05, 4.69) is 29.2 Å². The third-order valence-corrected chi connectivity index (χ3v) is 4.42. The average Bonchev–Trinajstić information content (AvgIpc) is 2.56. The first-order chi connectivity index (χ1) is 7.84. The molecule has 0 spiro atoms. The lowest BCUT2D eigenvalue weighted by molar-refractivity contribution is 0.166. The van der Waals surface area contributed by atoms with Gasteiger partial charge in [-0.1, -0.05) is 24.3 Å². The highest BCUT2D eigenvalue weighted by Crippen LogP contribution is 2.43. The molecule has 0 amide bonds. The molecule has 1 fully saturated rings. The van der Waals surface area contributed by atoms with Gasteiger partial charge in [0.25, 0.3) is 0 Å². The van der Waals surface area contributed by atoms with Crippen LogP contribution in [0, 0.1) is 0 Å². The first-order valence-corrected chi connectivity index (χ1v) is 6.35. The van der Waals surface area contributed by atoms with Crippen molar-refractivity contribution in [1.29, 1.82) is 0 Å². The lowest BCUT2D eigenvalue weighted by Crippen LogP contribution is -2.40. The van der Waals surface area contributed by atoms with Crippen molar-refractivity contribution in [2.45, 2.75) is 31.2 Å². The van der Waals surface area contributed by atoms with E-state index in [9.17, 15) is 0 Å². The summed E-state index contributed by atoms with van der Waals surface area (Å²) in [5.74, 6) is 0. The summed E-state index contributed by atoms with van der Waals surface area (Å²) in [6, 6.07) is 8.98. The standard InChI is InChI=1S/C14H20N2/c15-8-5-14-6-9-16(10-7-14)11-12-3-1-2-4-13(12)14/h1-4H,5-11,15H2. The van der Waals surface area contributed by atoms with Crippen molar-refractivity contribution in [1.82, 2.24) is 4.90 Å². The van der Waals surface area contributed by atoms with Gasteiger partial charge in [-0.15, -0.1) is 0 Å². The van der Waals surface area contributed by atoms with Crippen LogP contribution in [0.4, 0.5) is 0 Å². The second kappa shape index (κ2) is 3.86. The summed E-state index contributed by atoms with van der Waals surface area (Å²) in [6.45, 7) is 4.44. The Morgan fingerprint density at radius 2 is 1.94 bits per heavy atom. The number of nitrogens with two attached hydrogens (primary N) is 1. The Bertz CT molecular complexity index is 378. The fourth-order valence-electron chi connectivity index (χ4n) is 3.49. The molecule has 2 bridgehead atoms. The number of rotatable bonds is 2. The van der Waals surface area contributed by atoms with E-state index in [0.717, 1.165) is 19.5 Å². The van der Waals surface area contributed by atoms with Gasteiger partial charge in [0.15, 0.2) is 0 Å². The molecule has 2 heteroatoms. The van der Waals surface area contributed by atoms with Crippen molar-refractivity contribution in [3.8, 4) is 0 Å². The monoisotopic (exact) mass is 216 g/mol. The summed E-state index contributed by atoms with van der Waals surface area (Å²) in [5, 5.41) is 0. The van der Waals surface area contributed by atoms with Crippen LogP contribution in [-0.2, 0) is 12.0 Å². The number of hydrogen-bond acceptors (Lipinski definition) is 2. The molecule has 2 N–H and O–H groups in total. The second-order valence-corrected chi connectivity index (χ2v) is 5.25. The maximum atomic E-state index is 5.83. The topological polar surface area (TPSA) is 29.3 Å². The molecule has 0 aliphatic carbocycles. The van der Waals surface area contributed by atoms with Crippen molar-refractivity contribution in [3.05, 3.63) is 35.4 Å². The van der Waals surface area contributed by atoms with Crippen LogP contribution in [0.3, 0.4) is 0 Å². The van der Waals surface area contributed by atoms with E-state index in [1.165, 1.54) is 31.5 Å². The van der Waals surface area contributed by atoms with E-state index >= 15 is 0 Å². The molecule has 0 aromatic heterocycles. The number of nitrogens with zero attached hydrogens (tertiary/aromatic N) is 1. The lowest BCUT2D eigenvalue weighted by atomic mass is 9.70. The maximum absolute atomic E-state index is 5.83. The molecule has 4 rings (SSSR count). The molecule has 3 aliphatic heterocycles. The zero-order valence-corrected chi connectivity index (χ0v) is 9.78. The Morgan fingerprint density at radius 3 is 2.69 bits per heavy atom. The van der Waals surface area contributed by atoms with Gasteiger partial charge in [-0.2, -0.15) is 0 Å². The van der Waals surface area contributed by atoms with Crippen molar-refractivity contribution in [2.24, 2.45) is 5.73 Å². The van der Waals surface area contributed by atoms with Gasteiger partial charge in [0.2, 0.25) is 0 Å². The smallest absolute Gasteiger partial charge is 0.0236 e. The predicted octanol–water partition coefficient (Wildman–Crippen LogP) is 1.88. The summed E-state index contributed by atoms with van der Waals surface area (Å²) in [6.07, 6.45) is 3.74. The average molecular weight is 216 g/mol. The van der Waals surface area contributed by atoms with Gasteiger partial charge in [0.05, 0.1) is 0 Å². The van der Waals surface area contributed by atoms with E-state index in [1.54, 1.807) is 5.56 Å². The molecule has 1 saturated heterocycles. The molecule has 3 aliphatic rings. The van der Waals surface area contributed by atoms with Crippen LogP contribution in [0.25, 0.3) is 0 Å². The molecule has 86 valence electrons. The Balaban J connectivity index is 2.09. The van der Waals surface area contributed by atoms with Gasteiger partial charge in [-0.3, -0.25) is 4.90 Å². The molecule has 1 aromatic rings. The van der Waals surface area contributed by atoms with Crippen molar-refractivity contribution in [2.75, 3.05) is 19.6 Å². The Labute approximate surface area is 97.4 Å². The minimum Gasteiger partial charge on any atom is -0.330 e. The fraction of sp³-hybridized carbons (Fsp3) is 0.571. The van der Waals surface area contributed by atoms with Gasteiger partial charge in [0.1, 0.15) is 0 Å². The van der Waals surface area contributed by atoms with Crippen LogP contribution < -0.4 is 5.73 Å². The molecule has 3 heterocycles. The molecule has 16 heavy (non-hydrogen) atoms. The predicted molar refractivity (Wildman–Crippen MR) is 66.3 cm³/mol. The van der Waals surface area contributed by atoms with E-state index in [1.807, 2.05) is 0 Å². The Hall–Kier alpha value is -0.860. The summed E-state index contributed by atoms with van der Waals surface area (Å²) in [4.78, 5) is 2.58. The zero-order chi connectivity index (χ0) is 11.0. The summed E-state index contributed by atoms with van der Waals surface area (Å²) in [5.41, 5.74) is 9.34. The van der Waals surface area contributed by atoms with Crippen molar-refractivity contribution in [3.63, 3.8) is 0 Å². The molecule has 0 saturated carbocycles. The van der Waals surface area contributed by atoms with Crippen molar-refractivity contribution >= 4 is 0 Å². The van der Waals surface area contributed by atoms with Crippen LogP contribution in [-0.4, -0.2) is 24.5 Å². The summed E-state index contributed by atoms with van der Waals surface area (Å²) >= 11 is 0. The van der Waals surface area contributed by atoms with Gasteiger partial charge in [-0.05, 0) is 55.4 Å². The molecule has 0 unspecified atom stereocenters. The van der Waals surface area contributed by atoms with Crippen molar-refractivity contribution < 1.29 is 0 Å². The minimum atomic E-state index is 0.387. The van der Waals surface area contributed by atoms with Gasteiger partial charge in [-0.25, -0.2) is 0 Å². The number of piperidine rings is 1. The van der Waals surface area contributed by atoms with E-state index in [-0.39, 0.29) is 0 Å². The van der Waals surface area contributed by atoms with Crippen LogP contribution in [0.1, 0.15) is 30.4 Å². The first-order valence-electron chi connectivity index (χ1n) is 6.35. The molecule has 0 atom stereocenters. The quantitative estimate of drug-likeness (QED) is 0.818. The number of hydrogen-bond donors (Lipinski definition) is 1. The normalized spacial score (nSPS) is 32.2. The molecule has 0 radical (unpaired) electrons. The highest BCUT2D eigenvalue weighted by Gasteiger charge is 2.39. The molecular weight excluding hydrogens is 196 g/mol. The number of fused-ring (bicyclic) bond motifs is 2. The van der Waals surface area contributed by atoms with E-state index in [0.29, 0.717) is 5.41 Å². The number of benzene rings is 1. The largest absolute Gasteiger partial charge is 0.330 e. The highest BCUT2D eigenvalue weighted by molar-refractivity contribution is 5.37. The Kier molecular flexibility index (Phi) is 2.49. The third kappa shape index (κ3) is 1.48. The Morgan fingerprint density at radius 1 is 1.19 bits per heavy atom. The zero-order valence-electron chi connectivity index (χ0n) is 9.78. The minimum absolute atomic E-state index is 0.387. The summed E-state index contributed by atoms with van der Waals surface area (Å²) < 4.78 is 0. The van der Waals surface area contributed by atoms with E-state index in [4.69, 9.17) is 5.73 Å². The second-order valence-electron chi connectivity index (χ2n) is 5.25. The van der Waals surface area contributed by atoms with Crippen LogP contribution in [0.2, 0.25) is 0 Å². The summed E-state index contributed by atoms with van der Waals surface area (Å²) in [7, 11) is 0. The van der Waals surface area contributed by atoms with E-state index < -0.39 is 0 Å². The van der Waals surface area contributed by atoms with Crippen LogP contribution in [0.15, 0.2) is 24.3 Å². The van der Waals surface area contributed by atoms with Crippen LogP contribution >= 0.6 is 0 Å². The first kappa shape index (κ1) is 10.3. The van der Waals surface area contributed by atoms with Gasteiger partial charge < -0.3 is 5.73 Å². The van der Waals surface area contributed by atoms with Crippen LogP contribution in [0.5, 0.6) is 0 Å². The molecule has 1 aromatic carbocycles. The third-order valence-electron chi connectivity index (χ3n) is 4.42. The SMILES string of the molecule is NCCC12CCN(CC1)Cc1ccccc12. The molecule has 2 nitrogen and oxygen atoms in total. The maximum Gasteiger partial charge on any atom is 0.0236 e. The highest BCUT2D eigenvalue weighted by atomic mass is 15.1. The van der Waals surface area contributed by atoms with Gasteiger partial charge >= 0.3 is 0 Å².